The Hall–Kier alpha value is -1.81. The van der Waals surface area contributed by atoms with Gasteiger partial charge in [-0.25, -0.2) is 0 Å². The van der Waals surface area contributed by atoms with Crippen molar-refractivity contribution >= 4 is 16.8 Å². The minimum Gasteiger partial charge on any atom is -0.396 e. The molecule has 106 valence electrons. The zero-order valence-corrected chi connectivity index (χ0v) is 11.5. The van der Waals surface area contributed by atoms with Crippen molar-refractivity contribution in [2.75, 3.05) is 13.2 Å². The van der Waals surface area contributed by atoms with E-state index in [1.807, 2.05) is 35.4 Å². The van der Waals surface area contributed by atoms with Gasteiger partial charge in [0.25, 0.3) is 5.91 Å². The van der Waals surface area contributed by atoms with Gasteiger partial charge in [0, 0.05) is 36.5 Å². The third-order valence-electron chi connectivity index (χ3n) is 3.86. The van der Waals surface area contributed by atoms with E-state index >= 15 is 0 Å². The van der Waals surface area contributed by atoms with Gasteiger partial charge in [-0.05, 0) is 49.3 Å². The molecule has 2 aromatic rings. The fraction of sp³-hybridized carbons (Fsp3) is 0.438. The highest BCUT2D eigenvalue weighted by Gasteiger charge is 2.32. The number of aromatic nitrogens is 1. The van der Waals surface area contributed by atoms with Gasteiger partial charge in [-0.15, -0.1) is 0 Å². The van der Waals surface area contributed by atoms with E-state index in [1.54, 1.807) is 0 Å². The first-order valence-electron chi connectivity index (χ1n) is 7.28. The van der Waals surface area contributed by atoms with E-state index in [4.69, 9.17) is 5.11 Å². The molecular weight excluding hydrogens is 252 g/mol. The normalized spacial score (nSPS) is 14.7. The first-order chi connectivity index (χ1) is 9.79. The summed E-state index contributed by atoms with van der Waals surface area (Å²) in [6.45, 7) is 0.938. The lowest BCUT2D eigenvalue weighted by molar-refractivity contribution is 0.0737. The molecule has 1 aromatic heterocycles. The van der Waals surface area contributed by atoms with Crippen LogP contribution in [0.3, 0.4) is 0 Å². The molecule has 3 rings (SSSR count). The molecule has 1 amide bonds. The molecule has 0 radical (unpaired) electrons. The number of hydrogen-bond acceptors (Lipinski definition) is 2. The van der Waals surface area contributed by atoms with Gasteiger partial charge in [0.1, 0.15) is 0 Å². The van der Waals surface area contributed by atoms with Crippen LogP contribution in [0.2, 0.25) is 0 Å². The number of benzene rings is 1. The first kappa shape index (κ1) is 13.2. The van der Waals surface area contributed by atoms with Gasteiger partial charge in [-0.1, -0.05) is 6.07 Å². The third-order valence-corrected chi connectivity index (χ3v) is 3.86. The highest BCUT2D eigenvalue weighted by atomic mass is 16.3. The van der Waals surface area contributed by atoms with Gasteiger partial charge in [-0.2, -0.15) is 0 Å². The molecular formula is C16H20N2O2. The van der Waals surface area contributed by atoms with Crippen LogP contribution in [-0.2, 0) is 0 Å². The lowest BCUT2D eigenvalue weighted by Crippen LogP contribution is -2.34. The summed E-state index contributed by atoms with van der Waals surface area (Å²) in [6, 6.07) is 8.22. The van der Waals surface area contributed by atoms with Gasteiger partial charge in [0.2, 0.25) is 0 Å². The highest BCUT2D eigenvalue weighted by molar-refractivity contribution is 5.98. The van der Waals surface area contributed by atoms with Gasteiger partial charge in [0.15, 0.2) is 0 Å². The SMILES string of the molecule is O=C(c1ccc2cc[nH]c2c1)N(CCCCO)C1CC1. The number of nitrogens with one attached hydrogen (secondary N) is 1. The number of aromatic amines is 1. The number of fused-ring (bicyclic) bond motifs is 1. The Morgan fingerprint density at radius 2 is 2.15 bits per heavy atom. The van der Waals surface area contributed by atoms with Gasteiger partial charge in [0.05, 0.1) is 0 Å². The quantitative estimate of drug-likeness (QED) is 0.794. The Labute approximate surface area is 118 Å². The predicted octanol–water partition coefficient (Wildman–Crippen LogP) is 2.55. The largest absolute Gasteiger partial charge is 0.396 e. The number of rotatable bonds is 6. The van der Waals surface area contributed by atoms with E-state index in [0.717, 1.165) is 48.7 Å². The van der Waals surface area contributed by atoms with Crippen molar-refractivity contribution in [3.63, 3.8) is 0 Å². The number of aliphatic hydroxyl groups excluding tert-OH is 1. The van der Waals surface area contributed by atoms with Crippen LogP contribution >= 0.6 is 0 Å². The van der Waals surface area contributed by atoms with Crippen molar-refractivity contribution in [3.8, 4) is 0 Å². The lowest BCUT2D eigenvalue weighted by atomic mass is 10.1. The van der Waals surface area contributed by atoms with Gasteiger partial charge in [-0.3, -0.25) is 4.79 Å². The van der Waals surface area contributed by atoms with E-state index in [1.165, 1.54) is 0 Å². The second-order valence-electron chi connectivity index (χ2n) is 5.44. The highest BCUT2D eigenvalue weighted by Crippen LogP contribution is 2.29. The van der Waals surface area contributed by atoms with Crippen molar-refractivity contribution in [2.45, 2.75) is 31.7 Å². The lowest BCUT2D eigenvalue weighted by Gasteiger charge is -2.22. The molecule has 0 spiro atoms. The van der Waals surface area contributed by atoms with Crippen LogP contribution in [0.4, 0.5) is 0 Å². The summed E-state index contributed by atoms with van der Waals surface area (Å²) in [5.41, 5.74) is 1.75. The third kappa shape index (κ3) is 2.70. The number of carbonyl (C=O) groups is 1. The maximum Gasteiger partial charge on any atom is 0.254 e. The molecule has 0 atom stereocenters. The summed E-state index contributed by atoms with van der Waals surface area (Å²) in [4.78, 5) is 17.8. The summed E-state index contributed by atoms with van der Waals surface area (Å²) in [5, 5.41) is 10.0. The topological polar surface area (TPSA) is 56.3 Å². The van der Waals surface area contributed by atoms with Crippen molar-refractivity contribution in [1.82, 2.24) is 9.88 Å². The Bertz CT molecular complexity index is 601. The molecule has 0 bridgehead atoms. The van der Waals surface area contributed by atoms with Crippen molar-refractivity contribution in [2.24, 2.45) is 0 Å². The average Bonchev–Trinajstić information content (AvgIpc) is 3.19. The standard InChI is InChI=1S/C16H20N2O2/c19-10-2-1-9-18(14-5-6-14)16(20)13-4-3-12-7-8-17-15(12)11-13/h3-4,7-8,11,14,17,19H,1-2,5-6,9-10H2. The number of nitrogens with zero attached hydrogens (tertiary/aromatic N) is 1. The maximum atomic E-state index is 12.6. The Morgan fingerprint density at radius 1 is 1.30 bits per heavy atom. The number of unbranched alkanes of at least 4 members (excludes halogenated alkanes) is 1. The van der Waals surface area contributed by atoms with E-state index in [9.17, 15) is 4.79 Å². The molecule has 1 heterocycles. The predicted molar refractivity (Wildman–Crippen MR) is 78.7 cm³/mol. The number of amides is 1. The summed E-state index contributed by atoms with van der Waals surface area (Å²) < 4.78 is 0. The number of H-pyrrole nitrogens is 1. The van der Waals surface area contributed by atoms with Crippen molar-refractivity contribution < 1.29 is 9.90 Å². The van der Waals surface area contributed by atoms with E-state index < -0.39 is 0 Å². The molecule has 1 aliphatic carbocycles. The number of aliphatic hydroxyl groups is 1. The zero-order valence-electron chi connectivity index (χ0n) is 11.5. The maximum absolute atomic E-state index is 12.6. The van der Waals surface area contributed by atoms with Crippen LogP contribution in [0.25, 0.3) is 10.9 Å². The van der Waals surface area contributed by atoms with Crippen molar-refractivity contribution in [3.05, 3.63) is 36.0 Å². The Balaban J connectivity index is 1.77. The molecule has 1 aromatic carbocycles. The van der Waals surface area contributed by atoms with Crippen LogP contribution in [0.15, 0.2) is 30.5 Å². The Kier molecular flexibility index (Phi) is 3.74. The van der Waals surface area contributed by atoms with E-state index in [2.05, 4.69) is 4.98 Å². The summed E-state index contributed by atoms with van der Waals surface area (Å²) in [5.74, 6) is 0.113. The fourth-order valence-corrected chi connectivity index (χ4v) is 2.58. The average molecular weight is 272 g/mol. The number of carbonyl (C=O) groups excluding carboxylic acids is 1. The van der Waals surface area contributed by atoms with Crippen LogP contribution < -0.4 is 0 Å². The summed E-state index contributed by atoms with van der Waals surface area (Å²) >= 11 is 0. The molecule has 4 nitrogen and oxygen atoms in total. The van der Waals surface area contributed by atoms with Crippen LogP contribution in [-0.4, -0.2) is 40.1 Å². The van der Waals surface area contributed by atoms with Gasteiger partial charge >= 0.3 is 0 Å². The molecule has 1 fully saturated rings. The summed E-state index contributed by atoms with van der Waals surface area (Å²) in [7, 11) is 0. The molecule has 20 heavy (non-hydrogen) atoms. The first-order valence-corrected chi connectivity index (χ1v) is 7.28. The smallest absolute Gasteiger partial charge is 0.254 e. The second-order valence-corrected chi connectivity index (χ2v) is 5.44. The van der Waals surface area contributed by atoms with E-state index in [-0.39, 0.29) is 12.5 Å². The molecule has 0 aliphatic heterocycles. The minimum absolute atomic E-state index is 0.113. The number of hydrogen-bond donors (Lipinski definition) is 2. The molecule has 0 saturated heterocycles. The van der Waals surface area contributed by atoms with Crippen LogP contribution in [0.5, 0.6) is 0 Å². The van der Waals surface area contributed by atoms with Gasteiger partial charge < -0.3 is 15.0 Å². The fourth-order valence-electron chi connectivity index (χ4n) is 2.58. The van der Waals surface area contributed by atoms with E-state index in [0.29, 0.717) is 6.04 Å². The second kappa shape index (κ2) is 5.67. The molecule has 1 saturated carbocycles. The Morgan fingerprint density at radius 3 is 2.90 bits per heavy atom. The summed E-state index contributed by atoms with van der Waals surface area (Å²) in [6.07, 6.45) is 5.72. The monoisotopic (exact) mass is 272 g/mol. The molecule has 4 heteroatoms. The molecule has 2 N–H and O–H groups in total. The van der Waals surface area contributed by atoms with Crippen molar-refractivity contribution in [1.29, 1.82) is 0 Å². The van der Waals surface area contributed by atoms with Crippen LogP contribution in [0, 0.1) is 0 Å². The van der Waals surface area contributed by atoms with Crippen LogP contribution in [0.1, 0.15) is 36.0 Å². The zero-order chi connectivity index (χ0) is 13.9. The minimum atomic E-state index is 0.113. The molecule has 0 unspecified atom stereocenters. The molecule has 1 aliphatic rings.